The zero-order valence-corrected chi connectivity index (χ0v) is 14.3. The van der Waals surface area contributed by atoms with Crippen molar-refractivity contribution in [3.63, 3.8) is 0 Å². The Morgan fingerprint density at radius 1 is 1.20 bits per heavy atom. The van der Waals surface area contributed by atoms with Gasteiger partial charge in [0.25, 0.3) is 0 Å². The number of benzene rings is 1. The van der Waals surface area contributed by atoms with E-state index >= 15 is 0 Å². The number of carbonyl (C=O) groups excluding carboxylic acids is 1. The summed E-state index contributed by atoms with van der Waals surface area (Å²) in [4.78, 5) is 15.8. The number of phenols is 1. The highest BCUT2D eigenvalue weighted by Crippen LogP contribution is 2.37. The first-order chi connectivity index (χ1) is 12.0. The van der Waals surface area contributed by atoms with E-state index in [0.717, 1.165) is 17.0 Å². The van der Waals surface area contributed by atoms with Crippen molar-refractivity contribution >= 4 is 16.9 Å². The van der Waals surface area contributed by atoms with Gasteiger partial charge in [-0.1, -0.05) is 6.07 Å². The van der Waals surface area contributed by atoms with Gasteiger partial charge in [0.15, 0.2) is 11.3 Å². The molecular formula is C19H19NO5. The molecule has 0 aliphatic carbocycles. The number of aromatic nitrogens is 1. The molecule has 0 fully saturated rings. The topological polar surface area (TPSA) is 81.8 Å². The Balaban J connectivity index is 1.83. The number of fused-ring (bicyclic) bond motifs is 1. The summed E-state index contributed by atoms with van der Waals surface area (Å²) >= 11 is 0. The van der Waals surface area contributed by atoms with Gasteiger partial charge in [0.2, 0.25) is 5.75 Å². The monoisotopic (exact) mass is 341 g/mol. The highest BCUT2D eigenvalue weighted by Gasteiger charge is 2.16. The molecule has 130 valence electrons. The van der Waals surface area contributed by atoms with Crippen LogP contribution in [-0.2, 0) is 22.6 Å². The normalized spacial score (nSPS) is 10.8. The first-order valence-electron chi connectivity index (χ1n) is 7.84. The molecule has 1 N–H and O–H groups in total. The van der Waals surface area contributed by atoms with E-state index in [1.807, 2.05) is 26.0 Å². The summed E-state index contributed by atoms with van der Waals surface area (Å²) < 4.78 is 15.8. The largest absolute Gasteiger partial charge is 0.502 e. The fourth-order valence-electron chi connectivity index (χ4n) is 2.62. The summed E-state index contributed by atoms with van der Waals surface area (Å²) in [5, 5.41) is 11.1. The van der Waals surface area contributed by atoms with E-state index in [0.29, 0.717) is 16.7 Å². The second-order valence-corrected chi connectivity index (χ2v) is 5.79. The molecule has 0 saturated carbocycles. The van der Waals surface area contributed by atoms with Gasteiger partial charge in [-0.05, 0) is 32.0 Å². The van der Waals surface area contributed by atoms with Crippen LogP contribution in [0.15, 0.2) is 34.9 Å². The van der Waals surface area contributed by atoms with Crippen LogP contribution in [0, 0.1) is 13.8 Å². The molecule has 0 spiro atoms. The number of ether oxygens (including phenoxy) is 2. The number of aromatic hydroxyl groups is 1. The number of nitrogens with zero attached hydrogens (tertiary/aromatic N) is 1. The van der Waals surface area contributed by atoms with E-state index < -0.39 is 0 Å². The summed E-state index contributed by atoms with van der Waals surface area (Å²) in [6, 6.07) is 7.28. The lowest BCUT2D eigenvalue weighted by Gasteiger charge is -2.10. The van der Waals surface area contributed by atoms with E-state index in [1.54, 1.807) is 12.1 Å². The molecule has 0 atom stereocenters. The molecule has 0 saturated heterocycles. The van der Waals surface area contributed by atoms with E-state index in [9.17, 15) is 9.90 Å². The van der Waals surface area contributed by atoms with Gasteiger partial charge in [-0.2, -0.15) is 0 Å². The second-order valence-electron chi connectivity index (χ2n) is 5.79. The molecular weight excluding hydrogens is 322 g/mol. The third-order valence-corrected chi connectivity index (χ3v) is 4.04. The van der Waals surface area contributed by atoms with Crippen molar-refractivity contribution in [3.05, 3.63) is 53.0 Å². The maximum atomic E-state index is 11.4. The van der Waals surface area contributed by atoms with E-state index in [-0.39, 0.29) is 30.3 Å². The van der Waals surface area contributed by atoms with Gasteiger partial charge in [-0.15, -0.1) is 0 Å². The Bertz CT molecular complexity index is 929. The standard InChI is InChI=1S/C19H19NO5/c1-11-4-5-13(12(2)20-11)9-24-16-7-6-15-14(8-17(21)23-3)10-25-19(15)18(16)22/h4-7,10,22H,8-9H2,1-3H3. The number of hydrogen-bond acceptors (Lipinski definition) is 6. The van der Waals surface area contributed by atoms with Crippen molar-refractivity contribution < 1.29 is 23.8 Å². The van der Waals surface area contributed by atoms with Crippen LogP contribution in [0.5, 0.6) is 11.5 Å². The van der Waals surface area contributed by atoms with Crippen LogP contribution in [0.2, 0.25) is 0 Å². The summed E-state index contributed by atoms with van der Waals surface area (Å²) in [6.07, 6.45) is 1.52. The zero-order valence-electron chi connectivity index (χ0n) is 14.3. The molecule has 6 nitrogen and oxygen atoms in total. The quantitative estimate of drug-likeness (QED) is 0.716. The predicted octanol–water partition coefficient (Wildman–Crippen LogP) is 3.44. The van der Waals surface area contributed by atoms with Gasteiger partial charge in [-0.25, -0.2) is 0 Å². The molecule has 0 aliphatic rings. The van der Waals surface area contributed by atoms with E-state index in [1.165, 1.54) is 13.4 Å². The lowest BCUT2D eigenvalue weighted by molar-refractivity contribution is -0.139. The van der Waals surface area contributed by atoms with Crippen molar-refractivity contribution in [1.29, 1.82) is 0 Å². The molecule has 3 rings (SSSR count). The maximum Gasteiger partial charge on any atom is 0.310 e. The van der Waals surface area contributed by atoms with E-state index in [4.69, 9.17) is 9.15 Å². The molecule has 2 aromatic heterocycles. The van der Waals surface area contributed by atoms with Gasteiger partial charge >= 0.3 is 5.97 Å². The molecule has 3 aromatic rings. The molecule has 6 heteroatoms. The number of furan rings is 1. The highest BCUT2D eigenvalue weighted by atomic mass is 16.5. The summed E-state index contributed by atoms with van der Waals surface area (Å²) in [5.41, 5.74) is 3.71. The van der Waals surface area contributed by atoms with Crippen molar-refractivity contribution in [3.8, 4) is 11.5 Å². The summed E-state index contributed by atoms with van der Waals surface area (Å²) in [7, 11) is 1.33. The minimum Gasteiger partial charge on any atom is -0.502 e. The SMILES string of the molecule is COC(=O)Cc1coc2c(O)c(OCc3ccc(C)nc3C)ccc12. The number of carbonyl (C=O) groups is 1. The van der Waals surface area contributed by atoms with Gasteiger partial charge in [0.05, 0.1) is 19.8 Å². The zero-order chi connectivity index (χ0) is 18.0. The number of methoxy groups -OCH3 is 1. The molecule has 25 heavy (non-hydrogen) atoms. The summed E-state index contributed by atoms with van der Waals surface area (Å²) in [5.74, 6) is -0.150. The minimum atomic E-state index is -0.370. The molecule has 0 radical (unpaired) electrons. The van der Waals surface area contributed by atoms with Crippen molar-refractivity contribution in [1.82, 2.24) is 4.98 Å². The number of rotatable bonds is 5. The molecule has 1 aromatic carbocycles. The molecule has 0 unspecified atom stereocenters. The Hall–Kier alpha value is -3.02. The van der Waals surface area contributed by atoms with Crippen LogP contribution in [0.25, 0.3) is 11.0 Å². The smallest absolute Gasteiger partial charge is 0.310 e. The average Bonchev–Trinajstić information content (AvgIpc) is 2.99. The fourth-order valence-corrected chi connectivity index (χ4v) is 2.62. The van der Waals surface area contributed by atoms with Gasteiger partial charge in [0, 0.05) is 27.9 Å². The highest BCUT2D eigenvalue weighted by molar-refractivity contribution is 5.90. The third-order valence-electron chi connectivity index (χ3n) is 4.04. The molecule has 0 amide bonds. The van der Waals surface area contributed by atoms with Crippen LogP contribution in [0.4, 0.5) is 0 Å². The number of hydrogen-bond donors (Lipinski definition) is 1. The lowest BCUT2D eigenvalue weighted by atomic mass is 10.1. The van der Waals surface area contributed by atoms with Crippen LogP contribution in [0.3, 0.4) is 0 Å². The van der Waals surface area contributed by atoms with E-state index in [2.05, 4.69) is 9.72 Å². The Labute approximate surface area is 145 Å². The Morgan fingerprint density at radius 3 is 2.72 bits per heavy atom. The van der Waals surface area contributed by atoms with Crippen LogP contribution in [0.1, 0.15) is 22.5 Å². The van der Waals surface area contributed by atoms with Crippen molar-refractivity contribution in [2.24, 2.45) is 0 Å². The average molecular weight is 341 g/mol. The third kappa shape index (κ3) is 3.42. The van der Waals surface area contributed by atoms with Crippen molar-refractivity contribution in [2.75, 3.05) is 7.11 Å². The van der Waals surface area contributed by atoms with Crippen LogP contribution in [-0.4, -0.2) is 23.2 Å². The molecule has 0 aliphatic heterocycles. The Kier molecular flexibility index (Phi) is 4.61. The van der Waals surface area contributed by atoms with Gasteiger partial charge < -0.3 is 19.0 Å². The minimum absolute atomic E-state index is 0.0807. The van der Waals surface area contributed by atoms with Crippen LogP contribution < -0.4 is 4.74 Å². The predicted molar refractivity (Wildman–Crippen MR) is 91.6 cm³/mol. The van der Waals surface area contributed by atoms with Crippen LogP contribution >= 0.6 is 0 Å². The van der Waals surface area contributed by atoms with Gasteiger partial charge in [-0.3, -0.25) is 9.78 Å². The number of esters is 1. The summed E-state index contributed by atoms with van der Waals surface area (Å²) in [6.45, 7) is 4.13. The fraction of sp³-hybridized carbons (Fsp3) is 0.263. The van der Waals surface area contributed by atoms with Gasteiger partial charge in [0.1, 0.15) is 6.61 Å². The first kappa shape index (κ1) is 16.8. The molecule has 2 heterocycles. The number of pyridine rings is 1. The first-order valence-corrected chi connectivity index (χ1v) is 7.84. The molecule has 0 bridgehead atoms. The van der Waals surface area contributed by atoms with Crippen molar-refractivity contribution in [2.45, 2.75) is 26.9 Å². The number of phenolic OH excluding ortho intramolecular Hbond substituents is 1. The second kappa shape index (κ2) is 6.84. The Morgan fingerprint density at radius 2 is 2.00 bits per heavy atom. The maximum absolute atomic E-state index is 11.4. The number of aryl methyl sites for hydroxylation is 2. The lowest BCUT2D eigenvalue weighted by Crippen LogP contribution is -2.03.